The second kappa shape index (κ2) is 8.01. The third-order valence-electron chi connectivity index (χ3n) is 2.03. The van der Waals surface area contributed by atoms with Crippen molar-refractivity contribution in [2.24, 2.45) is 4.99 Å². The lowest BCUT2D eigenvalue weighted by atomic mass is 10.2. The van der Waals surface area contributed by atoms with Gasteiger partial charge in [0.1, 0.15) is 0 Å². The number of nitrogens with zero attached hydrogens (tertiary/aromatic N) is 3. The van der Waals surface area contributed by atoms with Crippen LogP contribution >= 0.6 is 23.5 Å². The van der Waals surface area contributed by atoms with Crippen LogP contribution in [0.4, 0.5) is 0 Å². The Morgan fingerprint density at radius 2 is 2.21 bits per heavy atom. The molecule has 0 bridgehead atoms. The van der Waals surface area contributed by atoms with E-state index in [9.17, 15) is 0 Å². The SMILES string of the molecule is CSCCC(C)N(C)C(=NC#N)SC. The van der Waals surface area contributed by atoms with Crippen molar-refractivity contribution in [2.75, 3.05) is 25.3 Å². The lowest BCUT2D eigenvalue weighted by Gasteiger charge is -2.26. The van der Waals surface area contributed by atoms with Crippen LogP contribution in [0.5, 0.6) is 0 Å². The molecule has 0 aromatic heterocycles. The van der Waals surface area contributed by atoms with Crippen LogP contribution in [0.3, 0.4) is 0 Å². The van der Waals surface area contributed by atoms with Gasteiger partial charge in [-0.3, -0.25) is 0 Å². The number of thioether (sulfide) groups is 2. The Morgan fingerprint density at radius 3 is 2.64 bits per heavy atom. The number of amidine groups is 1. The van der Waals surface area contributed by atoms with Gasteiger partial charge in [-0.1, -0.05) is 11.8 Å². The molecule has 0 saturated heterocycles. The minimum absolute atomic E-state index is 0.432. The second-order valence-electron chi connectivity index (χ2n) is 2.94. The van der Waals surface area contributed by atoms with Crippen LogP contribution in [0.2, 0.25) is 0 Å². The highest BCUT2D eigenvalue weighted by molar-refractivity contribution is 8.13. The van der Waals surface area contributed by atoms with Crippen LogP contribution in [-0.4, -0.2) is 41.4 Å². The molecular weight excluding hydrogens is 214 g/mol. The summed E-state index contributed by atoms with van der Waals surface area (Å²) in [4.78, 5) is 5.84. The molecule has 14 heavy (non-hydrogen) atoms. The molecule has 0 aliphatic carbocycles. The number of hydrogen-bond acceptors (Lipinski definition) is 4. The normalized spacial score (nSPS) is 13.5. The number of nitriles is 1. The summed E-state index contributed by atoms with van der Waals surface area (Å²) in [6.45, 7) is 2.15. The van der Waals surface area contributed by atoms with Gasteiger partial charge in [-0.05, 0) is 31.6 Å². The first kappa shape index (κ1) is 13.7. The third-order valence-corrected chi connectivity index (χ3v) is 3.42. The largest absolute Gasteiger partial charge is 0.351 e. The highest BCUT2D eigenvalue weighted by atomic mass is 32.2. The van der Waals surface area contributed by atoms with Crippen molar-refractivity contribution in [3.05, 3.63) is 0 Å². The fourth-order valence-corrected chi connectivity index (χ4v) is 2.16. The lowest BCUT2D eigenvalue weighted by Crippen LogP contribution is -2.33. The highest BCUT2D eigenvalue weighted by Crippen LogP contribution is 2.11. The topological polar surface area (TPSA) is 39.4 Å². The van der Waals surface area contributed by atoms with Gasteiger partial charge >= 0.3 is 0 Å². The summed E-state index contributed by atoms with van der Waals surface area (Å²) in [5.74, 6) is 1.14. The van der Waals surface area contributed by atoms with Crippen molar-refractivity contribution in [3.8, 4) is 6.19 Å². The first-order valence-corrected chi connectivity index (χ1v) is 7.01. The summed E-state index contributed by atoms with van der Waals surface area (Å²) in [6, 6.07) is 0.432. The third kappa shape index (κ3) is 4.77. The molecule has 0 aliphatic rings. The molecule has 0 saturated carbocycles. The average Bonchev–Trinajstić information content (AvgIpc) is 2.21. The standard InChI is InChI=1S/C9H17N3S2/c1-8(5-6-13-3)12(2)9(14-4)11-7-10/h8H,5-6H2,1-4H3. The van der Waals surface area contributed by atoms with Gasteiger partial charge in [-0.25, -0.2) is 0 Å². The maximum absolute atomic E-state index is 8.49. The fraction of sp³-hybridized carbons (Fsp3) is 0.778. The summed E-state index contributed by atoms with van der Waals surface area (Å²) >= 11 is 3.35. The van der Waals surface area contributed by atoms with E-state index in [0.717, 1.165) is 17.3 Å². The van der Waals surface area contributed by atoms with Crippen LogP contribution in [0.15, 0.2) is 4.99 Å². The summed E-state index contributed by atoms with van der Waals surface area (Å²) in [5.41, 5.74) is 0. The van der Waals surface area contributed by atoms with Crippen molar-refractivity contribution in [1.29, 1.82) is 5.26 Å². The van der Waals surface area contributed by atoms with E-state index in [0.29, 0.717) is 6.04 Å². The van der Waals surface area contributed by atoms with Crippen LogP contribution < -0.4 is 0 Å². The molecule has 3 nitrogen and oxygen atoms in total. The van der Waals surface area contributed by atoms with Crippen molar-refractivity contribution < 1.29 is 0 Å². The van der Waals surface area contributed by atoms with E-state index in [4.69, 9.17) is 5.26 Å². The van der Waals surface area contributed by atoms with Gasteiger partial charge in [-0.2, -0.15) is 17.0 Å². The van der Waals surface area contributed by atoms with E-state index in [1.807, 2.05) is 31.3 Å². The van der Waals surface area contributed by atoms with Crippen molar-refractivity contribution in [1.82, 2.24) is 4.90 Å². The van der Waals surface area contributed by atoms with Gasteiger partial charge in [0.05, 0.1) is 0 Å². The Labute approximate surface area is 95.0 Å². The molecule has 0 amide bonds. The molecule has 0 fully saturated rings. The van der Waals surface area contributed by atoms with Gasteiger partial charge in [0.15, 0.2) is 5.17 Å². The van der Waals surface area contributed by atoms with Gasteiger partial charge in [-0.15, -0.1) is 4.99 Å². The predicted octanol–water partition coefficient (Wildman–Crippen LogP) is 2.26. The highest BCUT2D eigenvalue weighted by Gasteiger charge is 2.12. The minimum atomic E-state index is 0.432. The quantitative estimate of drug-likeness (QED) is 0.423. The van der Waals surface area contributed by atoms with Crippen LogP contribution in [-0.2, 0) is 0 Å². The van der Waals surface area contributed by atoms with Crippen molar-refractivity contribution >= 4 is 28.7 Å². The summed E-state index contributed by atoms with van der Waals surface area (Å²) in [7, 11) is 1.98. The van der Waals surface area contributed by atoms with E-state index in [2.05, 4.69) is 23.1 Å². The number of aliphatic imine (C=N–C) groups is 1. The molecular formula is C9H17N3S2. The molecule has 0 aromatic carbocycles. The van der Waals surface area contributed by atoms with E-state index in [1.165, 1.54) is 11.8 Å². The molecule has 0 radical (unpaired) electrons. The molecule has 1 unspecified atom stereocenters. The Hall–Kier alpha value is -0.340. The molecule has 0 aliphatic heterocycles. The van der Waals surface area contributed by atoms with Crippen molar-refractivity contribution in [3.63, 3.8) is 0 Å². The minimum Gasteiger partial charge on any atom is -0.351 e. The first-order valence-electron chi connectivity index (χ1n) is 4.39. The maximum atomic E-state index is 8.49. The molecule has 0 aromatic rings. The van der Waals surface area contributed by atoms with Gasteiger partial charge in [0, 0.05) is 13.1 Å². The number of hydrogen-bond donors (Lipinski definition) is 0. The van der Waals surface area contributed by atoms with E-state index in [1.54, 1.807) is 0 Å². The zero-order valence-corrected chi connectivity index (χ0v) is 10.8. The molecule has 0 spiro atoms. The molecule has 80 valence electrons. The molecule has 0 rings (SSSR count). The Balaban J connectivity index is 4.21. The first-order chi connectivity index (χ1) is 6.67. The Morgan fingerprint density at radius 1 is 1.57 bits per heavy atom. The van der Waals surface area contributed by atoms with Crippen LogP contribution in [0, 0.1) is 11.5 Å². The molecule has 0 heterocycles. The zero-order valence-electron chi connectivity index (χ0n) is 9.15. The molecule has 0 N–H and O–H groups in total. The summed E-state index contributed by atoms with van der Waals surface area (Å²) in [5, 5.41) is 9.29. The Bertz CT molecular complexity index is 223. The molecule has 1 atom stereocenters. The van der Waals surface area contributed by atoms with Gasteiger partial charge < -0.3 is 4.90 Å². The Kier molecular flexibility index (Phi) is 7.81. The predicted molar refractivity (Wildman–Crippen MR) is 66.8 cm³/mol. The van der Waals surface area contributed by atoms with Crippen molar-refractivity contribution in [2.45, 2.75) is 19.4 Å². The smallest absolute Gasteiger partial charge is 0.208 e. The van der Waals surface area contributed by atoms with Crippen LogP contribution in [0.25, 0.3) is 0 Å². The number of rotatable bonds is 4. The zero-order chi connectivity index (χ0) is 11.0. The average molecular weight is 231 g/mol. The van der Waals surface area contributed by atoms with Gasteiger partial charge in [0.25, 0.3) is 0 Å². The van der Waals surface area contributed by atoms with Gasteiger partial charge in [0.2, 0.25) is 6.19 Å². The monoisotopic (exact) mass is 231 g/mol. The van der Waals surface area contributed by atoms with E-state index < -0.39 is 0 Å². The summed E-state index contributed by atoms with van der Waals surface area (Å²) in [6.07, 6.45) is 6.99. The maximum Gasteiger partial charge on any atom is 0.208 e. The fourth-order valence-electron chi connectivity index (χ4n) is 0.982. The van der Waals surface area contributed by atoms with E-state index >= 15 is 0 Å². The second-order valence-corrected chi connectivity index (χ2v) is 4.70. The summed E-state index contributed by atoms with van der Waals surface area (Å²) < 4.78 is 0. The lowest BCUT2D eigenvalue weighted by molar-refractivity contribution is 0.390. The van der Waals surface area contributed by atoms with E-state index in [-0.39, 0.29) is 0 Å². The van der Waals surface area contributed by atoms with Crippen LogP contribution in [0.1, 0.15) is 13.3 Å². The molecule has 5 heteroatoms.